The van der Waals surface area contributed by atoms with Crippen molar-refractivity contribution in [2.24, 2.45) is 0 Å². The van der Waals surface area contributed by atoms with E-state index in [0.29, 0.717) is 22.6 Å². The van der Waals surface area contributed by atoms with E-state index in [0.717, 1.165) is 11.1 Å². The van der Waals surface area contributed by atoms with Crippen molar-refractivity contribution in [2.75, 3.05) is 5.32 Å². The normalized spacial score (nSPS) is 10.9. The summed E-state index contributed by atoms with van der Waals surface area (Å²) >= 11 is 0. The second-order valence-electron chi connectivity index (χ2n) is 6.86. The van der Waals surface area contributed by atoms with Crippen LogP contribution in [0.3, 0.4) is 0 Å². The lowest BCUT2D eigenvalue weighted by Crippen LogP contribution is -2.14. The lowest BCUT2D eigenvalue weighted by Gasteiger charge is -2.10. The first-order valence-electron chi connectivity index (χ1n) is 9.43. The monoisotopic (exact) mass is 400 g/mol. The van der Waals surface area contributed by atoms with Crippen LogP contribution in [0.4, 0.5) is 10.1 Å². The van der Waals surface area contributed by atoms with Gasteiger partial charge in [-0.05, 0) is 72.5 Å². The molecule has 4 nitrogen and oxygen atoms in total. The molecule has 3 aromatic rings. The zero-order valence-electron chi connectivity index (χ0n) is 16.8. The minimum atomic E-state index is -0.475. The first-order chi connectivity index (χ1) is 14.5. The molecular formula is C25H21FN2O2. The first-order valence-corrected chi connectivity index (χ1v) is 9.43. The standard InChI is InChI=1S/C25H21FN2O2/c1-17-6-3-11-24(18(17)2)28-25(29)21(15-27)12-19-7-5-10-23(14-19)30-16-20-8-4-9-22(26)13-20/h3-14H,16H2,1-2H3,(H,28,29)/b21-12-. The van der Waals surface area contributed by atoms with Crippen molar-refractivity contribution in [1.29, 1.82) is 5.26 Å². The molecule has 3 rings (SSSR count). The third-order valence-corrected chi connectivity index (χ3v) is 4.68. The van der Waals surface area contributed by atoms with E-state index >= 15 is 0 Å². The van der Waals surface area contributed by atoms with Crippen LogP contribution in [0.2, 0.25) is 0 Å². The minimum absolute atomic E-state index is 0.0156. The predicted molar refractivity (Wildman–Crippen MR) is 115 cm³/mol. The van der Waals surface area contributed by atoms with Gasteiger partial charge in [-0.3, -0.25) is 4.79 Å². The Hall–Kier alpha value is -3.91. The summed E-state index contributed by atoms with van der Waals surface area (Å²) in [4.78, 5) is 12.6. The van der Waals surface area contributed by atoms with Crippen molar-refractivity contribution in [1.82, 2.24) is 0 Å². The molecule has 0 aliphatic heterocycles. The Bertz CT molecular complexity index is 1150. The lowest BCUT2D eigenvalue weighted by molar-refractivity contribution is -0.112. The average molecular weight is 400 g/mol. The number of hydrogen-bond donors (Lipinski definition) is 1. The number of carbonyl (C=O) groups is 1. The third-order valence-electron chi connectivity index (χ3n) is 4.68. The molecule has 30 heavy (non-hydrogen) atoms. The first kappa shape index (κ1) is 20.8. The maximum Gasteiger partial charge on any atom is 0.266 e. The Balaban J connectivity index is 1.74. The molecule has 5 heteroatoms. The minimum Gasteiger partial charge on any atom is -0.489 e. The molecule has 0 saturated carbocycles. The molecule has 0 atom stereocenters. The average Bonchev–Trinajstić information content (AvgIpc) is 2.74. The number of aryl methyl sites for hydroxylation is 1. The van der Waals surface area contributed by atoms with Crippen molar-refractivity contribution < 1.29 is 13.9 Å². The molecular weight excluding hydrogens is 379 g/mol. The molecule has 1 amide bonds. The van der Waals surface area contributed by atoms with Gasteiger partial charge in [-0.2, -0.15) is 5.26 Å². The van der Waals surface area contributed by atoms with Gasteiger partial charge in [0.05, 0.1) is 0 Å². The van der Waals surface area contributed by atoms with Gasteiger partial charge in [-0.15, -0.1) is 0 Å². The van der Waals surface area contributed by atoms with Crippen molar-refractivity contribution in [3.8, 4) is 11.8 Å². The smallest absolute Gasteiger partial charge is 0.266 e. The van der Waals surface area contributed by atoms with Gasteiger partial charge in [-0.1, -0.05) is 36.4 Å². The van der Waals surface area contributed by atoms with Crippen LogP contribution in [0.15, 0.2) is 72.3 Å². The SMILES string of the molecule is Cc1cccc(NC(=O)/C(C#N)=C\c2cccc(OCc3cccc(F)c3)c2)c1C. The van der Waals surface area contributed by atoms with Gasteiger partial charge in [0.15, 0.2) is 0 Å². The summed E-state index contributed by atoms with van der Waals surface area (Å²) in [5.74, 6) is -0.237. The van der Waals surface area contributed by atoms with Crippen molar-refractivity contribution in [3.63, 3.8) is 0 Å². The number of nitrogens with zero attached hydrogens (tertiary/aromatic N) is 1. The van der Waals surface area contributed by atoms with Gasteiger partial charge >= 0.3 is 0 Å². The van der Waals surface area contributed by atoms with Gasteiger partial charge in [0.2, 0.25) is 0 Å². The highest BCUT2D eigenvalue weighted by Gasteiger charge is 2.11. The van der Waals surface area contributed by atoms with Gasteiger partial charge in [0.25, 0.3) is 5.91 Å². The summed E-state index contributed by atoms with van der Waals surface area (Å²) in [5, 5.41) is 12.3. The molecule has 0 aliphatic carbocycles. The van der Waals surface area contributed by atoms with Gasteiger partial charge in [0.1, 0.15) is 29.8 Å². The Morgan fingerprint density at radius 3 is 2.63 bits per heavy atom. The Kier molecular flexibility index (Phi) is 6.61. The molecule has 0 bridgehead atoms. The zero-order chi connectivity index (χ0) is 21.5. The molecule has 0 aromatic heterocycles. The summed E-state index contributed by atoms with van der Waals surface area (Å²) in [6.07, 6.45) is 1.51. The highest BCUT2D eigenvalue weighted by Crippen LogP contribution is 2.21. The molecule has 0 saturated heterocycles. The highest BCUT2D eigenvalue weighted by molar-refractivity contribution is 6.10. The molecule has 0 aliphatic rings. The molecule has 0 radical (unpaired) electrons. The molecule has 0 spiro atoms. The van der Waals surface area contributed by atoms with Gasteiger partial charge < -0.3 is 10.1 Å². The number of halogens is 1. The molecule has 1 N–H and O–H groups in total. The van der Waals surface area contributed by atoms with Gasteiger partial charge in [-0.25, -0.2) is 4.39 Å². The Morgan fingerprint density at radius 2 is 1.87 bits per heavy atom. The second-order valence-corrected chi connectivity index (χ2v) is 6.86. The van der Waals surface area contributed by atoms with E-state index in [-0.39, 0.29) is 18.0 Å². The van der Waals surface area contributed by atoms with Gasteiger partial charge in [0, 0.05) is 5.69 Å². The number of ether oxygens (including phenoxy) is 1. The number of anilines is 1. The molecule has 0 fully saturated rings. The van der Waals surface area contributed by atoms with Crippen LogP contribution < -0.4 is 10.1 Å². The van der Waals surface area contributed by atoms with Crippen molar-refractivity contribution in [2.45, 2.75) is 20.5 Å². The predicted octanol–water partition coefficient (Wildman–Crippen LogP) is 5.57. The summed E-state index contributed by atoms with van der Waals surface area (Å²) < 4.78 is 19.0. The maximum absolute atomic E-state index is 13.3. The fourth-order valence-corrected chi connectivity index (χ4v) is 2.88. The summed E-state index contributed by atoms with van der Waals surface area (Å²) in [5.41, 5.74) is 4.03. The number of hydrogen-bond acceptors (Lipinski definition) is 3. The summed E-state index contributed by atoms with van der Waals surface area (Å²) in [6.45, 7) is 4.09. The topological polar surface area (TPSA) is 62.1 Å². The van der Waals surface area contributed by atoms with E-state index < -0.39 is 5.91 Å². The number of rotatable bonds is 6. The largest absolute Gasteiger partial charge is 0.489 e. The molecule has 0 unspecified atom stereocenters. The zero-order valence-corrected chi connectivity index (χ0v) is 16.8. The number of nitrogens with one attached hydrogen (secondary N) is 1. The second kappa shape index (κ2) is 9.53. The van der Waals surface area contributed by atoms with Crippen LogP contribution in [0.25, 0.3) is 6.08 Å². The van der Waals surface area contributed by atoms with Crippen molar-refractivity contribution >= 4 is 17.7 Å². The van der Waals surface area contributed by atoms with E-state index in [4.69, 9.17) is 4.74 Å². The van der Waals surface area contributed by atoms with E-state index in [1.54, 1.807) is 42.5 Å². The Morgan fingerprint density at radius 1 is 1.10 bits per heavy atom. The van der Waals surface area contributed by atoms with E-state index in [9.17, 15) is 14.4 Å². The molecule has 3 aromatic carbocycles. The fraction of sp³-hybridized carbons (Fsp3) is 0.120. The quantitative estimate of drug-likeness (QED) is 0.435. The number of benzene rings is 3. The van der Waals surface area contributed by atoms with E-state index in [2.05, 4.69) is 5.32 Å². The molecule has 150 valence electrons. The van der Waals surface area contributed by atoms with E-state index in [1.807, 2.05) is 32.0 Å². The fourth-order valence-electron chi connectivity index (χ4n) is 2.88. The summed E-state index contributed by atoms with van der Waals surface area (Å²) in [7, 11) is 0. The van der Waals surface area contributed by atoms with Crippen LogP contribution in [0, 0.1) is 31.0 Å². The highest BCUT2D eigenvalue weighted by atomic mass is 19.1. The van der Waals surface area contributed by atoms with Crippen LogP contribution in [0.1, 0.15) is 22.3 Å². The van der Waals surface area contributed by atoms with E-state index in [1.165, 1.54) is 18.2 Å². The number of carbonyl (C=O) groups excluding carboxylic acids is 1. The van der Waals surface area contributed by atoms with Crippen LogP contribution in [0.5, 0.6) is 5.75 Å². The number of nitriles is 1. The Labute approximate surface area is 175 Å². The third kappa shape index (κ3) is 5.33. The summed E-state index contributed by atoms with van der Waals surface area (Å²) in [6, 6.07) is 20.8. The van der Waals surface area contributed by atoms with Crippen LogP contribution in [-0.2, 0) is 11.4 Å². The maximum atomic E-state index is 13.3. The van der Waals surface area contributed by atoms with Crippen LogP contribution >= 0.6 is 0 Å². The van der Waals surface area contributed by atoms with Crippen LogP contribution in [-0.4, -0.2) is 5.91 Å². The lowest BCUT2D eigenvalue weighted by atomic mass is 10.1. The van der Waals surface area contributed by atoms with Crippen molar-refractivity contribution in [3.05, 3.63) is 100 Å². The molecule has 0 heterocycles. The number of amides is 1.